The van der Waals surface area contributed by atoms with E-state index in [1.807, 2.05) is 24.3 Å². The van der Waals surface area contributed by atoms with Crippen LogP contribution in [0.15, 0.2) is 40.6 Å². The summed E-state index contributed by atoms with van der Waals surface area (Å²) in [6.45, 7) is 1.55. The average molecular weight is 439 g/mol. The standard InChI is InChI=1S/C20H23ClN2O3S2/c21-16-6-4-15(5-7-16)20(9-3-10-20)14-22-19(24)18-17(8-13-27-18)28(25,26)23-11-1-2-12-23/h4-8,13H,1-3,9-12,14H2,(H,22,24). The number of amides is 1. The molecular formula is C20H23ClN2O3S2. The second-order valence-corrected chi connectivity index (χ2v) is 10.8. The quantitative estimate of drug-likeness (QED) is 0.740. The Morgan fingerprint density at radius 3 is 2.39 bits per heavy atom. The average Bonchev–Trinajstić information content (AvgIpc) is 3.34. The first-order chi connectivity index (χ1) is 13.4. The minimum absolute atomic E-state index is 0.0918. The molecule has 1 aromatic heterocycles. The third-order valence-corrected chi connectivity index (χ3v) is 9.11. The van der Waals surface area contributed by atoms with Crippen molar-refractivity contribution in [3.8, 4) is 0 Å². The van der Waals surface area contributed by atoms with Crippen LogP contribution in [-0.4, -0.2) is 38.3 Å². The van der Waals surface area contributed by atoms with Crippen LogP contribution >= 0.6 is 22.9 Å². The van der Waals surface area contributed by atoms with E-state index < -0.39 is 10.0 Å². The molecule has 2 aromatic rings. The Balaban J connectivity index is 1.50. The molecule has 4 rings (SSSR count). The Bertz CT molecular complexity index is 960. The second kappa shape index (κ2) is 7.78. The first kappa shape index (κ1) is 19.9. The van der Waals surface area contributed by atoms with Crippen molar-refractivity contribution in [2.45, 2.75) is 42.4 Å². The summed E-state index contributed by atoms with van der Waals surface area (Å²) in [5.41, 5.74) is 1.07. The molecular weight excluding hydrogens is 416 g/mol. The molecule has 1 aliphatic carbocycles. The van der Waals surface area contributed by atoms with Gasteiger partial charge in [-0.3, -0.25) is 4.79 Å². The van der Waals surface area contributed by atoms with Crippen molar-refractivity contribution in [3.63, 3.8) is 0 Å². The van der Waals surface area contributed by atoms with Crippen molar-refractivity contribution in [2.24, 2.45) is 0 Å². The van der Waals surface area contributed by atoms with E-state index in [0.717, 1.165) is 32.1 Å². The van der Waals surface area contributed by atoms with E-state index >= 15 is 0 Å². The molecule has 1 N–H and O–H groups in total. The SMILES string of the molecule is O=C(NCC1(c2ccc(Cl)cc2)CCC1)c1sccc1S(=O)(=O)N1CCCC1. The number of rotatable bonds is 6. The molecule has 2 aliphatic rings. The zero-order valence-electron chi connectivity index (χ0n) is 15.5. The fraction of sp³-hybridized carbons (Fsp3) is 0.450. The summed E-state index contributed by atoms with van der Waals surface area (Å²) >= 11 is 7.18. The van der Waals surface area contributed by atoms with Gasteiger partial charge in [0.15, 0.2) is 0 Å². The van der Waals surface area contributed by atoms with Crippen molar-refractivity contribution in [1.82, 2.24) is 9.62 Å². The number of halogens is 1. The van der Waals surface area contributed by atoms with Crippen LogP contribution in [0.5, 0.6) is 0 Å². The van der Waals surface area contributed by atoms with Crippen LogP contribution in [-0.2, 0) is 15.4 Å². The van der Waals surface area contributed by atoms with E-state index in [-0.39, 0.29) is 21.1 Å². The maximum Gasteiger partial charge on any atom is 0.262 e. The van der Waals surface area contributed by atoms with Gasteiger partial charge in [0.05, 0.1) is 0 Å². The van der Waals surface area contributed by atoms with Crippen LogP contribution in [0.3, 0.4) is 0 Å². The summed E-state index contributed by atoms with van der Waals surface area (Å²) in [5.74, 6) is -0.312. The predicted octanol–water partition coefficient (Wildman–Crippen LogP) is 4.04. The number of hydrogen-bond donors (Lipinski definition) is 1. The smallest absolute Gasteiger partial charge is 0.262 e. The molecule has 0 spiro atoms. The zero-order chi connectivity index (χ0) is 19.8. The Morgan fingerprint density at radius 2 is 1.79 bits per heavy atom. The molecule has 1 aromatic carbocycles. The lowest BCUT2D eigenvalue weighted by Gasteiger charge is -2.42. The molecule has 0 bridgehead atoms. The van der Waals surface area contributed by atoms with Crippen molar-refractivity contribution < 1.29 is 13.2 Å². The molecule has 5 nitrogen and oxygen atoms in total. The molecule has 1 saturated carbocycles. The van der Waals surface area contributed by atoms with Crippen molar-refractivity contribution >= 4 is 38.9 Å². The van der Waals surface area contributed by atoms with Gasteiger partial charge in [-0.05, 0) is 54.8 Å². The Kier molecular flexibility index (Phi) is 5.53. The van der Waals surface area contributed by atoms with E-state index in [1.165, 1.54) is 21.2 Å². The monoisotopic (exact) mass is 438 g/mol. The normalized spacial score (nSPS) is 19.3. The number of nitrogens with zero attached hydrogens (tertiary/aromatic N) is 1. The zero-order valence-corrected chi connectivity index (χ0v) is 17.9. The predicted molar refractivity (Wildman–Crippen MR) is 112 cm³/mol. The number of carbonyl (C=O) groups is 1. The molecule has 1 aliphatic heterocycles. The lowest BCUT2D eigenvalue weighted by Crippen LogP contribution is -2.45. The highest BCUT2D eigenvalue weighted by molar-refractivity contribution is 7.89. The minimum atomic E-state index is -3.61. The summed E-state index contributed by atoms with van der Waals surface area (Å²) in [6.07, 6.45) is 4.85. The summed E-state index contributed by atoms with van der Waals surface area (Å²) in [7, 11) is -3.61. The lowest BCUT2D eigenvalue weighted by molar-refractivity contribution is 0.0929. The third-order valence-electron chi connectivity index (χ3n) is 5.87. The van der Waals surface area contributed by atoms with Crippen LogP contribution < -0.4 is 5.32 Å². The maximum absolute atomic E-state index is 12.9. The van der Waals surface area contributed by atoms with E-state index in [9.17, 15) is 13.2 Å². The van der Waals surface area contributed by atoms with E-state index in [0.29, 0.717) is 24.7 Å². The van der Waals surface area contributed by atoms with Crippen molar-refractivity contribution in [1.29, 1.82) is 0 Å². The molecule has 1 saturated heterocycles. The first-order valence-electron chi connectivity index (χ1n) is 9.54. The van der Waals surface area contributed by atoms with Gasteiger partial charge in [-0.25, -0.2) is 8.42 Å². The molecule has 8 heteroatoms. The van der Waals surface area contributed by atoms with Gasteiger partial charge in [-0.15, -0.1) is 11.3 Å². The Labute approximate surface area is 174 Å². The lowest BCUT2D eigenvalue weighted by atomic mass is 9.64. The second-order valence-electron chi connectivity index (χ2n) is 7.55. The number of carbonyl (C=O) groups excluding carboxylic acids is 1. The highest BCUT2D eigenvalue weighted by Gasteiger charge is 2.39. The molecule has 0 unspecified atom stereocenters. The van der Waals surface area contributed by atoms with Gasteiger partial charge in [-0.2, -0.15) is 4.31 Å². The van der Waals surface area contributed by atoms with Gasteiger partial charge in [0.1, 0.15) is 9.77 Å². The summed E-state index contributed by atoms with van der Waals surface area (Å²) in [5, 5.41) is 5.37. The van der Waals surface area contributed by atoms with Gasteiger partial charge in [0.25, 0.3) is 5.91 Å². The van der Waals surface area contributed by atoms with Crippen molar-refractivity contribution in [3.05, 3.63) is 51.2 Å². The van der Waals surface area contributed by atoms with Crippen LogP contribution in [0, 0.1) is 0 Å². The third kappa shape index (κ3) is 3.61. The summed E-state index contributed by atoms with van der Waals surface area (Å²) in [6, 6.07) is 9.33. The Morgan fingerprint density at radius 1 is 1.11 bits per heavy atom. The first-order valence-corrected chi connectivity index (χ1v) is 12.2. The molecule has 0 radical (unpaired) electrons. The van der Waals surface area contributed by atoms with E-state index in [2.05, 4.69) is 5.32 Å². The number of sulfonamides is 1. The molecule has 1 amide bonds. The van der Waals surface area contributed by atoms with Crippen LogP contribution in [0.4, 0.5) is 0 Å². The highest BCUT2D eigenvalue weighted by atomic mass is 35.5. The van der Waals surface area contributed by atoms with Crippen LogP contribution in [0.2, 0.25) is 5.02 Å². The van der Waals surface area contributed by atoms with E-state index in [4.69, 9.17) is 11.6 Å². The topological polar surface area (TPSA) is 66.5 Å². The van der Waals surface area contributed by atoms with Crippen molar-refractivity contribution in [2.75, 3.05) is 19.6 Å². The summed E-state index contributed by atoms with van der Waals surface area (Å²) in [4.78, 5) is 13.3. The minimum Gasteiger partial charge on any atom is -0.350 e. The largest absolute Gasteiger partial charge is 0.350 e. The van der Waals surface area contributed by atoms with Gasteiger partial charge in [0.2, 0.25) is 10.0 Å². The molecule has 28 heavy (non-hydrogen) atoms. The molecule has 0 atom stereocenters. The van der Waals surface area contributed by atoms with Gasteiger partial charge < -0.3 is 5.32 Å². The fourth-order valence-electron chi connectivity index (χ4n) is 4.04. The Hall–Kier alpha value is -1.41. The maximum atomic E-state index is 12.9. The number of nitrogens with one attached hydrogen (secondary N) is 1. The van der Waals surface area contributed by atoms with E-state index in [1.54, 1.807) is 11.4 Å². The van der Waals surface area contributed by atoms with Crippen LogP contribution in [0.25, 0.3) is 0 Å². The number of thiophene rings is 1. The fourth-order valence-corrected chi connectivity index (χ4v) is 7.00. The molecule has 2 fully saturated rings. The van der Waals surface area contributed by atoms with Gasteiger partial charge in [-0.1, -0.05) is 30.2 Å². The van der Waals surface area contributed by atoms with Crippen LogP contribution in [0.1, 0.15) is 47.3 Å². The number of benzene rings is 1. The summed E-state index contributed by atoms with van der Waals surface area (Å²) < 4.78 is 27.2. The highest BCUT2D eigenvalue weighted by Crippen LogP contribution is 2.43. The number of hydrogen-bond acceptors (Lipinski definition) is 4. The molecule has 150 valence electrons. The van der Waals surface area contributed by atoms with Gasteiger partial charge in [0, 0.05) is 30.1 Å². The molecule has 2 heterocycles. The van der Waals surface area contributed by atoms with Gasteiger partial charge >= 0.3 is 0 Å².